The molecular weight excluding hydrogens is 370 g/mol. The highest BCUT2D eigenvalue weighted by molar-refractivity contribution is 6.03. The molecule has 10 heteroatoms. The van der Waals surface area contributed by atoms with E-state index in [9.17, 15) is 25.0 Å². The van der Waals surface area contributed by atoms with Gasteiger partial charge in [-0.05, 0) is 43.0 Å². The van der Waals surface area contributed by atoms with E-state index in [-0.39, 0.29) is 5.56 Å². The van der Waals surface area contributed by atoms with Crippen LogP contribution in [0.15, 0.2) is 41.6 Å². The van der Waals surface area contributed by atoms with Gasteiger partial charge < -0.3 is 9.57 Å². The van der Waals surface area contributed by atoms with Crippen molar-refractivity contribution in [3.8, 4) is 5.75 Å². The number of benzene rings is 2. The van der Waals surface area contributed by atoms with Crippen LogP contribution < -0.4 is 4.74 Å². The number of rotatable bonds is 5. The fourth-order valence-electron chi connectivity index (χ4n) is 2.93. The van der Waals surface area contributed by atoms with Crippen LogP contribution in [0.3, 0.4) is 0 Å². The van der Waals surface area contributed by atoms with Gasteiger partial charge >= 0.3 is 5.97 Å². The van der Waals surface area contributed by atoms with Gasteiger partial charge in [-0.2, -0.15) is 0 Å². The van der Waals surface area contributed by atoms with Crippen LogP contribution in [-0.4, -0.2) is 28.6 Å². The molecule has 0 bridgehead atoms. The van der Waals surface area contributed by atoms with Gasteiger partial charge in [0.1, 0.15) is 5.75 Å². The van der Waals surface area contributed by atoms with E-state index in [1.807, 2.05) is 12.1 Å². The Labute approximate surface area is 158 Å². The average Bonchev–Trinajstić information content (AvgIpc) is 2.70. The first-order valence-corrected chi connectivity index (χ1v) is 8.28. The van der Waals surface area contributed by atoms with E-state index in [2.05, 4.69) is 5.16 Å². The zero-order chi connectivity index (χ0) is 20.3. The molecule has 28 heavy (non-hydrogen) atoms. The molecule has 0 saturated heterocycles. The predicted molar refractivity (Wildman–Crippen MR) is 97.6 cm³/mol. The fraction of sp³-hybridized carbons (Fsp3) is 0.222. The van der Waals surface area contributed by atoms with E-state index in [0.717, 1.165) is 42.2 Å². The minimum Gasteiger partial charge on any atom is -0.497 e. The van der Waals surface area contributed by atoms with Gasteiger partial charge in [0.25, 0.3) is 11.4 Å². The molecule has 0 unspecified atom stereocenters. The number of ether oxygens (including phenoxy) is 1. The van der Waals surface area contributed by atoms with Crippen LogP contribution in [0.25, 0.3) is 0 Å². The summed E-state index contributed by atoms with van der Waals surface area (Å²) in [6, 6.07) is 8.07. The number of hydrogen-bond donors (Lipinski definition) is 0. The summed E-state index contributed by atoms with van der Waals surface area (Å²) < 4.78 is 5.20. The summed E-state index contributed by atoms with van der Waals surface area (Å²) in [5, 5.41) is 25.8. The summed E-state index contributed by atoms with van der Waals surface area (Å²) in [4.78, 5) is 37.4. The van der Waals surface area contributed by atoms with Crippen molar-refractivity contribution in [1.82, 2.24) is 0 Å². The highest BCUT2D eigenvalue weighted by Gasteiger charge is 2.22. The molecule has 0 atom stereocenters. The SMILES string of the molecule is COc1ccc2c(c1)CCC/C2=N\OC(=O)c1cc([N+](=O)[O-])cc([N+](=O)[O-])c1. The first kappa shape index (κ1) is 19.0. The van der Waals surface area contributed by atoms with Crippen molar-refractivity contribution in [2.75, 3.05) is 7.11 Å². The van der Waals surface area contributed by atoms with E-state index in [4.69, 9.17) is 9.57 Å². The Balaban J connectivity index is 1.87. The van der Waals surface area contributed by atoms with Crippen LogP contribution in [0.4, 0.5) is 11.4 Å². The number of methoxy groups -OCH3 is 1. The van der Waals surface area contributed by atoms with E-state index in [1.54, 1.807) is 13.2 Å². The summed E-state index contributed by atoms with van der Waals surface area (Å²) in [6.07, 6.45) is 2.22. The molecule has 1 aliphatic rings. The fourth-order valence-corrected chi connectivity index (χ4v) is 2.93. The van der Waals surface area contributed by atoms with E-state index >= 15 is 0 Å². The molecule has 0 amide bonds. The molecule has 0 fully saturated rings. The third-order valence-electron chi connectivity index (χ3n) is 4.28. The number of carbonyl (C=O) groups is 1. The Morgan fingerprint density at radius 2 is 1.71 bits per heavy atom. The van der Waals surface area contributed by atoms with Crippen LogP contribution in [0, 0.1) is 20.2 Å². The highest BCUT2D eigenvalue weighted by atomic mass is 16.7. The van der Waals surface area contributed by atoms with Crippen molar-refractivity contribution in [3.05, 3.63) is 73.3 Å². The lowest BCUT2D eigenvalue weighted by molar-refractivity contribution is -0.394. The summed E-state index contributed by atoms with van der Waals surface area (Å²) in [7, 11) is 1.57. The first-order valence-electron chi connectivity index (χ1n) is 8.28. The maximum atomic E-state index is 12.3. The Morgan fingerprint density at radius 3 is 2.32 bits per heavy atom. The van der Waals surface area contributed by atoms with E-state index in [1.165, 1.54) is 0 Å². The number of aryl methyl sites for hydroxylation is 1. The second-order valence-electron chi connectivity index (χ2n) is 6.05. The molecule has 0 N–H and O–H groups in total. The van der Waals surface area contributed by atoms with Gasteiger partial charge in [0.05, 0.1) is 34.3 Å². The third-order valence-corrected chi connectivity index (χ3v) is 4.28. The van der Waals surface area contributed by atoms with E-state index < -0.39 is 27.2 Å². The van der Waals surface area contributed by atoms with E-state index in [0.29, 0.717) is 17.9 Å². The quantitative estimate of drug-likeness (QED) is 0.437. The second-order valence-corrected chi connectivity index (χ2v) is 6.05. The number of carbonyl (C=O) groups excluding carboxylic acids is 1. The lowest BCUT2D eigenvalue weighted by atomic mass is 9.90. The topological polar surface area (TPSA) is 134 Å². The van der Waals surface area contributed by atoms with Crippen molar-refractivity contribution in [2.45, 2.75) is 19.3 Å². The van der Waals surface area contributed by atoms with Crippen LogP contribution in [-0.2, 0) is 11.3 Å². The molecule has 2 aromatic rings. The second kappa shape index (κ2) is 7.82. The number of non-ortho nitro benzene ring substituents is 2. The van der Waals surface area contributed by atoms with Crippen LogP contribution in [0.5, 0.6) is 5.75 Å². The monoisotopic (exact) mass is 385 g/mol. The minimum absolute atomic E-state index is 0.323. The average molecular weight is 385 g/mol. The largest absolute Gasteiger partial charge is 0.497 e. The number of oxime groups is 1. The van der Waals surface area contributed by atoms with Crippen molar-refractivity contribution in [2.24, 2.45) is 5.16 Å². The molecule has 0 radical (unpaired) electrons. The molecule has 0 saturated carbocycles. The molecule has 1 aliphatic carbocycles. The molecule has 0 spiro atoms. The Morgan fingerprint density at radius 1 is 1.04 bits per heavy atom. The minimum atomic E-state index is -1.01. The number of nitro groups is 2. The standard InChI is InChI=1S/C18H15N3O7/c1-27-15-5-6-16-11(9-15)3-2-4-17(16)19-28-18(22)12-7-13(20(23)24)10-14(8-12)21(25)26/h5-10H,2-4H2,1H3/b19-17+. The lowest BCUT2D eigenvalue weighted by Crippen LogP contribution is -2.14. The molecule has 144 valence electrons. The highest BCUT2D eigenvalue weighted by Crippen LogP contribution is 2.27. The predicted octanol–water partition coefficient (Wildman–Crippen LogP) is 3.41. The summed E-state index contributed by atoms with van der Waals surface area (Å²) in [5.41, 5.74) is 0.900. The number of hydrogen-bond acceptors (Lipinski definition) is 8. The van der Waals surface area contributed by atoms with Crippen molar-refractivity contribution >= 4 is 23.1 Å². The zero-order valence-electron chi connectivity index (χ0n) is 14.8. The maximum Gasteiger partial charge on any atom is 0.366 e. The van der Waals surface area contributed by atoms with Gasteiger partial charge in [-0.3, -0.25) is 20.2 Å². The molecule has 2 aromatic carbocycles. The normalized spacial score (nSPS) is 14.2. The first-order chi connectivity index (χ1) is 13.4. The lowest BCUT2D eigenvalue weighted by Gasteiger charge is -2.17. The summed E-state index contributed by atoms with van der Waals surface area (Å²) in [6.45, 7) is 0. The molecule has 0 aliphatic heterocycles. The molecular formula is C18H15N3O7. The summed E-state index contributed by atoms with van der Waals surface area (Å²) in [5.74, 6) is -0.305. The molecule has 0 heterocycles. The number of fused-ring (bicyclic) bond motifs is 1. The molecule has 10 nitrogen and oxygen atoms in total. The van der Waals surface area contributed by atoms with Crippen molar-refractivity contribution in [3.63, 3.8) is 0 Å². The summed E-state index contributed by atoms with van der Waals surface area (Å²) >= 11 is 0. The van der Waals surface area contributed by atoms with Gasteiger partial charge in [-0.15, -0.1) is 0 Å². The van der Waals surface area contributed by atoms with Gasteiger partial charge in [0, 0.05) is 17.7 Å². The number of nitro benzene ring substituents is 2. The Bertz CT molecular complexity index is 968. The molecule has 3 rings (SSSR count). The van der Waals surface area contributed by atoms with Crippen LogP contribution in [0.1, 0.15) is 34.3 Å². The zero-order valence-corrected chi connectivity index (χ0v) is 14.8. The van der Waals surface area contributed by atoms with Gasteiger partial charge in [-0.1, -0.05) is 5.16 Å². The maximum absolute atomic E-state index is 12.3. The van der Waals surface area contributed by atoms with Gasteiger partial charge in [0.15, 0.2) is 0 Å². The Hall–Kier alpha value is -3.82. The van der Waals surface area contributed by atoms with Crippen molar-refractivity contribution in [1.29, 1.82) is 0 Å². The van der Waals surface area contributed by atoms with Gasteiger partial charge in [-0.25, -0.2) is 4.79 Å². The smallest absolute Gasteiger partial charge is 0.366 e. The molecule has 0 aromatic heterocycles. The number of nitrogens with zero attached hydrogens (tertiary/aromatic N) is 3. The van der Waals surface area contributed by atoms with Gasteiger partial charge in [0.2, 0.25) is 0 Å². The van der Waals surface area contributed by atoms with Crippen molar-refractivity contribution < 1.29 is 24.2 Å². The van der Waals surface area contributed by atoms with Crippen LogP contribution >= 0.6 is 0 Å². The third kappa shape index (κ3) is 3.95. The Kier molecular flexibility index (Phi) is 5.30. The van der Waals surface area contributed by atoms with Crippen LogP contribution in [0.2, 0.25) is 0 Å².